The standard InChI is InChI=1S/C19H23ClN4O/c1-12-8-18(23-19(21)22-12)24-6-3-7-25-11-17(24)15-9-13-4-2-5-14(13)10-16(15)20/h8-10,17H,2-7,11H2,1H3,(H2,21,22,23)/t17-/m0/s1. The van der Waals surface area contributed by atoms with Crippen LogP contribution in [0.3, 0.4) is 0 Å². The second kappa shape index (κ2) is 6.81. The van der Waals surface area contributed by atoms with Gasteiger partial charge in [0, 0.05) is 29.9 Å². The predicted octanol–water partition coefficient (Wildman–Crippen LogP) is 3.48. The van der Waals surface area contributed by atoms with Gasteiger partial charge in [-0.2, -0.15) is 4.98 Å². The van der Waals surface area contributed by atoms with Gasteiger partial charge in [-0.05, 0) is 55.4 Å². The number of nitrogen functional groups attached to an aromatic ring is 1. The molecule has 4 rings (SSSR count). The molecule has 1 aromatic carbocycles. The topological polar surface area (TPSA) is 64.3 Å². The molecule has 1 aliphatic heterocycles. The summed E-state index contributed by atoms with van der Waals surface area (Å²) in [7, 11) is 0. The lowest BCUT2D eigenvalue weighted by Gasteiger charge is -2.32. The maximum Gasteiger partial charge on any atom is 0.222 e. The smallest absolute Gasteiger partial charge is 0.222 e. The number of benzene rings is 1. The molecule has 0 amide bonds. The highest BCUT2D eigenvalue weighted by Crippen LogP contribution is 2.36. The van der Waals surface area contributed by atoms with E-state index in [9.17, 15) is 0 Å². The molecule has 1 saturated heterocycles. The molecular weight excluding hydrogens is 336 g/mol. The maximum absolute atomic E-state index is 6.67. The number of aryl methyl sites for hydroxylation is 3. The number of nitrogens with zero attached hydrogens (tertiary/aromatic N) is 3. The zero-order valence-electron chi connectivity index (χ0n) is 14.5. The second-order valence-electron chi connectivity index (χ2n) is 6.86. The normalized spacial score (nSPS) is 20.4. The fourth-order valence-electron chi connectivity index (χ4n) is 3.90. The van der Waals surface area contributed by atoms with Crippen molar-refractivity contribution in [3.05, 3.63) is 45.6 Å². The molecule has 2 aliphatic rings. The summed E-state index contributed by atoms with van der Waals surface area (Å²) < 4.78 is 5.87. The number of ether oxygens (including phenoxy) is 1. The Morgan fingerprint density at radius 3 is 2.76 bits per heavy atom. The molecule has 2 heterocycles. The highest BCUT2D eigenvalue weighted by atomic mass is 35.5. The monoisotopic (exact) mass is 358 g/mol. The van der Waals surface area contributed by atoms with Crippen molar-refractivity contribution in [3.63, 3.8) is 0 Å². The molecular formula is C19H23ClN4O. The maximum atomic E-state index is 6.67. The van der Waals surface area contributed by atoms with Gasteiger partial charge >= 0.3 is 0 Å². The molecule has 2 N–H and O–H groups in total. The summed E-state index contributed by atoms with van der Waals surface area (Å²) >= 11 is 6.67. The SMILES string of the molecule is Cc1cc(N2CCCOC[C@H]2c2cc3c(cc2Cl)CCC3)nc(N)n1. The number of nitrogens with two attached hydrogens (primary N) is 1. The Bertz CT molecular complexity index is 775. The van der Waals surface area contributed by atoms with E-state index in [2.05, 4.69) is 27.0 Å². The largest absolute Gasteiger partial charge is 0.379 e. The van der Waals surface area contributed by atoms with Gasteiger partial charge in [0.2, 0.25) is 5.95 Å². The number of fused-ring (bicyclic) bond motifs is 1. The predicted molar refractivity (Wildman–Crippen MR) is 100 cm³/mol. The van der Waals surface area contributed by atoms with E-state index in [4.69, 9.17) is 22.1 Å². The molecule has 1 fully saturated rings. The number of rotatable bonds is 2. The summed E-state index contributed by atoms with van der Waals surface area (Å²) in [5, 5.41) is 0.819. The minimum Gasteiger partial charge on any atom is -0.379 e. The van der Waals surface area contributed by atoms with Gasteiger partial charge in [0.05, 0.1) is 12.6 Å². The molecule has 6 heteroatoms. The minimum absolute atomic E-state index is 0.0367. The first-order valence-electron chi connectivity index (χ1n) is 8.88. The minimum atomic E-state index is 0.0367. The van der Waals surface area contributed by atoms with Crippen LogP contribution in [-0.2, 0) is 17.6 Å². The average molecular weight is 359 g/mol. The van der Waals surface area contributed by atoms with Crippen LogP contribution in [-0.4, -0.2) is 29.7 Å². The van der Waals surface area contributed by atoms with Crippen molar-refractivity contribution in [3.8, 4) is 0 Å². The van der Waals surface area contributed by atoms with E-state index in [1.807, 2.05) is 13.0 Å². The third kappa shape index (κ3) is 3.31. The van der Waals surface area contributed by atoms with E-state index in [0.717, 1.165) is 54.5 Å². The van der Waals surface area contributed by atoms with Gasteiger partial charge in [0.1, 0.15) is 5.82 Å². The number of anilines is 2. The summed E-state index contributed by atoms with van der Waals surface area (Å²) in [6, 6.07) is 6.43. The highest BCUT2D eigenvalue weighted by Gasteiger charge is 2.28. The summed E-state index contributed by atoms with van der Waals surface area (Å²) in [6.07, 6.45) is 4.41. The molecule has 25 heavy (non-hydrogen) atoms. The molecule has 0 radical (unpaired) electrons. The molecule has 0 unspecified atom stereocenters. The van der Waals surface area contributed by atoms with Crippen molar-refractivity contribution >= 4 is 23.4 Å². The van der Waals surface area contributed by atoms with Crippen molar-refractivity contribution in [2.24, 2.45) is 0 Å². The van der Waals surface area contributed by atoms with Gasteiger partial charge in [-0.3, -0.25) is 0 Å². The Morgan fingerprint density at radius 2 is 1.96 bits per heavy atom. The number of halogens is 1. The van der Waals surface area contributed by atoms with E-state index in [1.54, 1.807) is 0 Å². The van der Waals surface area contributed by atoms with Crippen LogP contribution in [0.4, 0.5) is 11.8 Å². The lowest BCUT2D eigenvalue weighted by atomic mass is 10.00. The van der Waals surface area contributed by atoms with Crippen LogP contribution in [0, 0.1) is 6.92 Å². The second-order valence-corrected chi connectivity index (χ2v) is 7.27. The third-order valence-electron chi connectivity index (χ3n) is 5.06. The summed E-state index contributed by atoms with van der Waals surface area (Å²) in [4.78, 5) is 10.9. The van der Waals surface area contributed by atoms with Crippen LogP contribution in [0.2, 0.25) is 5.02 Å². The van der Waals surface area contributed by atoms with Crippen molar-refractivity contribution in [1.29, 1.82) is 0 Å². The van der Waals surface area contributed by atoms with Crippen LogP contribution in [0.1, 0.15) is 41.3 Å². The zero-order chi connectivity index (χ0) is 17.4. The molecule has 132 valence electrons. The Hall–Kier alpha value is -1.85. The first-order chi connectivity index (χ1) is 12.1. The Labute approximate surface area is 153 Å². The fourth-order valence-corrected chi connectivity index (χ4v) is 4.21. The number of hydrogen-bond donors (Lipinski definition) is 1. The van der Waals surface area contributed by atoms with E-state index in [-0.39, 0.29) is 6.04 Å². The summed E-state index contributed by atoms with van der Waals surface area (Å²) in [6.45, 7) is 4.14. The van der Waals surface area contributed by atoms with Gasteiger partial charge < -0.3 is 15.4 Å². The molecule has 0 saturated carbocycles. The van der Waals surface area contributed by atoms with E-state index in [1.165, 1.54) is 17.5 Å². The molecule has 2 aromatic rings. The number of hydrogen-bond acceptors (Lipinski definition) is 5. The van der Waals surface area contributed by atoms with Gasteiger partial charge in [0.15, 0.2) is 0 Å². The van der Waals surface area contributed by atoms with Crippen molar-refractivity contribution in [2.45, 2.75) is 38.6 Å². The van der Waals surface area contributed by atoms with Crippen LogP contribution < -0.4 is 10.6 Å². The lowest BCUT2D eigenvalue weighted by molar-refractivity contribution is 0.134. The molecule has 1 aliphatic carbocycles. The summed E-state index contributed by atoms with van der Waals surface area (Å²) in [5.74, 6) is 1.15. The molecule has 0 spiro atoms. The van der Waals surface area contributed by atoms with Crippen LogP contribution in [0.25, 0.3) is 0 Å². The van der Waals surface area contributed by atoms with Gasteiger partial charge in [-0.25, -0.2) is 4.98 Å². The van der Waals surface area contributed by atoms with Crippen molar-refractivity contribution in [1.82, 2.24) is 9.97 Å². The molecule has 1 aromatic heterocycles. The Kier molecular flexibility index (Phi) is 4.52. The lowest BCUT2D eigenvalue weighted by Crippen LogP contribution is -2.32. The first kappa shape index (κ1) is 16.6. The zero-order valence-corrected chi connectivity index (χ0v) is 15.2. The molecule has 0 bridgehead atoms. The van der Waals surface area contributed by atoms with Crippen LogP contribution in [0.5, 0.6) is 0 Å². The molecule has 5 nitrogen and oxygen atoms in total. The van der Waals surface area contributed by atoms with Crippen molar-refractivity contribution in [2.75, 3.05) is 30.4 Å². The highest BCUT2D eigenvalue weighted by molar-refractivity contribution is 6.31. The molecule has 1 atom stereocenters. The van der Waals surface area contributed by atoms with Crippen LogP contribution in [0.15, 0.2) is 18.2 Å². The van der Waals surface area contributed by atoms with E-state index >= 15 is 0 Å². The first-order valence-corrected chi connectivity index (χ1v) is 9.26. The average Bonchev–Trinajstić information content (AvgIpc) is 2.87. The van der Waals surface area contributed by atoms with E-state index in [0.29, 0.717) is 12.6 Å². The van der Waals surface area contributed by atoms with Gasteiger partial charge in [-0.1, -0.05) is 17.7 Å². The van der Waals surface area contributed by atoms with Crippen molar-refractivity contribution < 1.29 is 4.74 Å². The quantitative estimate of drug-likeness (QED) is 0.890. The Balaban J connectivity index is 1.77. The summed E-state index contributed by atoms with van der Waals surface area (Å²) in [5.41, 5.74) is 10.7. The van der Waals surface area contributed by atoms with Gasteiger partial charge in [0.25, 0.3) is 0 Å². The van der Waals surface area contributed by atoms with E-state index < -0.39 is 0 Å². The van der Waals surface area contributed by atoms with Gasteiger partial charge in [-0.15, -0.1) is 0 Å². The fraction of sp³-hybridized carbons (Fsp3) is 0.474. The third-order valence-corrected chi connectivity index (χ3v) is 5.39. The Morgan fingerprint density at radius 1 is 1.16 bits per heavy atom. The van der Waals surface area contributed by atoms with Crippen LogP contribution >= 0.6 is 11.6 Å². The number of aromatic nitrogens is 2.